The Balaban J connectivity index is 1.58. The Labute approximate surface area is 183 Å². The van der Waals surface area contributed by atoms with Gasteiger partial charge in [0, 0.05) is 22.3 Å². The molecule has 4 rings (SSSR count). The van der Waals surface area contributed by atoms with Crippen LogP contribution in [0.15, 0.2) is 42.5 Å². The molecule has 2 aromatic carbocycles. The lowest BCUT2D eigenvalue weighted by Gasteiger charge is -2.21. The van der Waals surface area contributed by atoms with E-state index in [1.807, 2.05) is 12.1 Å². The summed E-state index contributed by atoms with van der Waals surface area (Å²) in [6, 6.07) is 13.2. The molecule has 2 heterocycles. The molecule has 1 aromatic heterocycles. The van der Waals surface area contributed by atoms with Gasteiger partial charge in [-0.15, -0.1) is 0 Å². The van der Waals surface area contributed by atoms with Crippen LogP contribution in [-0.2, 0) is 6.54 Å². The Hall–Kier alpha value is -2.37. The number of anilines is 1. The van der Waals surface area contributed by atoms with Gasteiger partial charge in [0.2, 0.25) is 0 Å². The molecular weight excluding hydrogens is 396 g/mol. The van der Waals surface area contributed by atoms with E-state index in [4.69, 9.17) is 16.6 Å². The number of fused-ring (bicyclic) bond motifs is 1. The second kappa shape index (κ2) is 9.19. The van der Waals surface area contributed by atoms with E-state index >= 15 is 0 Å². The van der Waals surface area contributed by atoms with Crippen molar-refractivity contribution in [1.82, 2.24) is 14.5 Å². The van der Waals surface area contributed by atoms with Crippen LogP contribution in [0.5, 0.6) is 0 Å². The summed E-state index contributed by atoms with van der Waals surface area (Å²) in [5, 5.41) is 3.59. The number of nitrogens with zero attached hydrogens (tertiary/aromatic N) is 3. The van der Waals surface area contributed by atoms with Crippen molar-refractivity contribution < 1.29 is 4.79 Å². The van der Waals surface area contributed by atoms with Crippen LogP contribution in [0, 0.1) is 0 Å². The third-order valence-electron chi connectivity index (χ3n) is 5.71. The number of likely N-dealkylation sites (tertiary alicyclic amines) is 1. The Morgan fingerprint density at radius 3 is 2.43 bits per heavy atom. The molecule has 1 N–H and O–H groups in total. The van der Waals surface area contributed by atoms with Gasteiger partial charge in [-0.05, 0) is 82.2 Å². The van der Waals surface area contributed by atoms with Gasteiger partial charge in [0.25, 0.3) is 5.91 Å². The predicted molar refractivity (Wildman–Crippen MR) is 123 cm³/mol. The second-order valence-corrected chi connectivity index (χ2v) is 8.78. The first kappa shape index (κ1) is 20.9. The van der Waals surface area contributed by atoms with Crippen molar-refractivity contribution in [2.24, 2.45) is 0 Å². The number of carbonyl (C=O) groups excluding carboxylic acids is 1. The van der Waals surface area contributed by atoms with Crippen molar-refractivity contribution in [2.45, 2.75) is 52.1 Å². The van der Waals surface area contributed by atoms with Crippen molar-refractivity contribution >= 4 is 34.2 Å². The first-order valence-corrected chi connectivity index (χ1v) is 11.2. The molecule has 5 nitrogen and oxygen atoms in total. The summed E-state index contributed by atoms with van der Waals surface area (Å²) in [5.41, 5.74) is 3.35. The lowest BCUT2D eigenvalue weighted by atomic mass is 10.2. The van der Waals surface area contributed by atoms with Crippen LogP contribution in [0.25, 0.3) is 11.0 Å². The molecular formula is C24H29ClN4O. The van der Waals surface area contributed by atoms with Crippen molar-refractivity contribution in [2.75, 3.05) is 18.4 Å². The third-order valence-corrected chi connectivity index (χ3v) is 5.96. The zero-order chi connectivity index (χ0) is 21.1. The summed E-state index contributed by atoms with van der Waals surface area (Å²) in [7, 11) is 0. The van der Waals surface area contributed by atoms with Gasteiger partial charge in [0.15, 0.2) is 0 Å². The SMILES string of the molecule is CC(C)n1c(CN2CCCCCC2)nc2cc(NC(=O)c3ccc(Cl)cc3)ccc21. The van der Waals surface area contributed by atoms with Gasteiger partial charge in [-0.25, -0.2) is 4.98 Å². The molecule has 0 bridgehead atoms. The standard InChI is InChI=1S/C24H29ClN4O/c1-17(2)29-22-12-11-20(26-24(30)18-7-9-19(25)10-8-18)15-21(22)27-23(29)16-28-13-5-3-4-6-14-28/h7-12,15,17H,3-6,13-14,16H2,1-2H3,(H,26,30). The molecule has 1 aliphatic rings. The third kappa shape index (κ3) is 4.68. The van der Waals surface area contributed by atoms with E-state index in [9.17, 15) is 4.79 Å². The molecule has 3 aromatic rings. The zero-order valence-electron chi connectivity index (χ0n) is 17.7. The lowest BCUT2D eigenvalue weighted by molar-refractivity contribution is 0.102. The molecule has 1 saturated heterocycles. The van der Waals surface area contributed by atoms with E-state index in [0.717, 1.165) is 42.2 Å². The van der Waals surface area contributed by atoms with E-state index < -0.39 is 0 Å². The molecule has 0 spiro atoms. The number of hydrogen-bond donors (Lipinski definition) is 1. The fourth-order valence-electron chi connectivity index (χ4n) is 4.21. The molecule has 30 heavy (non-hydrogen) atoms. The zero-order valence-corrected chi connectivity index (χ0v) is 18.5. The minimum atomic E-state index is -0.154. The fraction of sp³-hybridized carbons (Fsp3) is 0.417. The number of carbonyl (C=O) groups is 1. The summed E-state index contributed by atoms with van der Waals surface area (Å²) in [6.45, 7) is 7.55. The van der Waals surface area contributed by atoms with Gasteiger partial charge in [0.05, 0.1) is 17.6 Å². The molecule has 0 saturated carbocycles. The number of aromatic nitrogens is 2. The largest absolute Gasteiger partial charge is 0.324 e. The summed E-state index contributed by atoms with van der Waals surface area (Å²) >= 11 is 5.92. The van der Waals surface area contributed by atoms with Crippen LogP contribution < -0.4 is 5.32 Å². The molecule has 1 fully saturated rings. The Bertz CT molecular complexity index is 1020. The molecule has 0 atom stereocenters. The average molecular weight is 425 g/mol. The van der Waals surface area contributed by atoms with Crippen LogP contribution >= 0.6 is 11.6 Å². The molecule has 1 aliphatic heterocycles. The summed E-state index contributed by atoms with van der Waals surface area (Å²) in [5.74, 6) is 0.946. The second-order valence-electron chi connectivity index (χ2n) is 8.35. The molecule has 6 heteroatoms. The number of imidazole rings is 1. The minimum Gasteiger partial charge on any atom is -0.324 e. The number of amides is 1. The summed E-state index contributed by atoms with van der Waals surface area (Å²) in [4.78, 5) is 20.0. The first-order chi connectivity index (χ1) is 14.5. The number of nitrogens with one attached hydrogen (secondary N) is 1. The summed E-state index contributed by atoms with van der Waals surface area (Å²) < 4.78 is 2.32. The molecule has 0 radical (unpaired) electrons. The highest BCUT2D eigenvalue weighted by Crippen LogP contribution is 2.26. The number of rotatable bonds is 5. The molecule has 158 valence electrons. The van der Waals surface area contributed by atoms with E-state index in [1.165, 1.54) is 25.7 Å². The van der Waals surface area contributed by atoms with Crippen molar-refractivity contribution in [1.29, 1.82) is 0 Å². The van der Waals surface area contributed by atoms with Crippen molar-refractivity contribution in [3.8, 4) is 0 Å². The maximum Gasteiger partial charge on any atom is 0.255 e. The van der Waals surface area contributed by atoms with E-state index in [1.54, 1.807) is 24.3 Å². The van der Waals surface area contributed by atoms with E-state index in [2.05, 4.69) is 34.7 Å². The monoisotopic (exact) mass is 424 g/mol. The lowest BCUT2D eigenvalue weighted by Crippen LogP contribution is -2.26. The average Bonchev–Trinajstić information content (AvgIpc) is 2.87. The van der Waals surface area contributed by atoms with E-state index in [-0.39, 0.29) is 5.91 Å². The number of hydrogen-bond acceptors (Lipinski definition) is 3. The smallest absolute Gasteiger partial charge is 0.255 e. The maximum atomic E-state index is 12.6. The first-order valence-electron chi connectivity index (χ1n) is 10.8. The van der Waals surface area contributed by atoms with Gasteiger partial charge in [0.1, 0.15) is 5.82 Å². The predicted octanol–water partition coefficient (Wildman–Crippen LogP) is 5.90. The maximum absolute atomic E-state index is 12.6. The van der Waals surface area contributed by atoms with Crippen LogP contribution in [-0.4, -0.2) is 33.4 Å². The van der Waals surface area contributed by atoms with Gasteiger partial charge in [-0.3, -0.25) is 9.69 Å². The minimum absolute atomic E-state index is 0.154. The van der Waals surface area contributed by atoms with Gasteiger partial charge in [-0.1, -0.05) is 24.4 Å². The Kier molecular flexibility index (Phi) is 6.40. The Morgan fingerprint density at radius 1 is 1.07 bits per heavy atom. The van der Waals surface area contributed by atoms with Crippen LogP contribution in [0.2, 0.25) is 5.02 Å². The van der Waals surface area contributed by atoms with Crippen LogP contribution in [0.1, 0.15) is 61.8 Å². The highest BCUT2D eigenvalue weighted by Gasteiger charge is 2.18. The number of halogens is 1. The normalized spacial score (nSPS) is 15.5. The van der Waals surface area contributed by atoms with Crippen LogP contribution in [0.4, 0.5) is 5.69 Å². The highest BCUT2D eigenvalue weighted by atomic mass is 35.5. The molecule has 0 unspecified atom stereocenters. The van der Waals surface area contributed by atoms with Crippen molar-refractivity contribution in [3.05, 3.63) is 58.9 Å². The van der Waals surface area contributed by atoms with Gasteiger partial charge >= 0.3 is 0 Å². The van der Waals surface area contributed by atoms with E-state index in [0.29, 0.717) is 16.6 Å². The Morgan fingerprint density at radius 2 is 1.77 bits per heavy atom. The molecule has 1 amide bonds. The molecule has 0 aliphatic carbocycles. The summed E-state index contributed by atoms with van der Waals surface area (Å²) in [6.07, 6.45) is 5.19. The highest BCUT2D eigenvalue weighted by molar-refractivity contribution is 6.30. The fourth-order valence-corrected chi connectivity index (χ4v) is 4.34. The van der Waals surface area contributed by atoms with Gasteiger partial charge in [-0.2, -0.15) is 0 Å². The van der Waals surface area contributed by atoms with Crippen LogP contribution in [0.3, 0.4) is 0 Å². The quantitative estimate of drug-likeness (QED) is 0.554. The topological polar surface area (TPSA) is 50.2 Å². The van der Waals surface area contributed by atoms with Gasteiger partial charge < -0.3 is 9.88 Å². The number of benzene rings is 2. The van der Waals surface area contributed by atoms with Crippen molar-refractivity contribution in [3.63, 3.8) is 0 Å².